The van der Waals surface area contributed by atoms with Gasteiger partial charge >= 0.3 is 5.69 Å². The summed E-state index contributed by atoms with van der Waals surface area (Å²) in [5, 5.41) is 9.46. The summed E-state index contributed by atoms with van der Waals surface area (Å²) in [6, 6.07) is 0. The number of aromatic amines is 2. The Bertz CT molecular complexity index is 671. The molecular formula is C11H17N7O2. The summed E-state index contributed by atoms with van der Waals surface area (Å²) in [7, 11) is 0. The summed E-state index contributed by atoms with van der Waals surface area (Å²) in [6.45, 7) is 2.72. The molecule has 0 aliphatic carbocycles. The van der Waals surface area contributed by atoms with E-state index in [9.17, 15) is 9.59 Å². The van der Waals surface area contributed by atoms with Gasteiger partial charge in [0.2, 0.25) is 0 Å². The first-order valence-corrected chi connectivity index (χ1v) is 6.34. The SMILES string of the molecule is CCn1c(N)c(NCCCc2ncn[nH]2)c(=O)[nH]c1=O. The van der Waals surface area contributed by atoms with E-state index in [1.54, 1.807) is 6.92 Å². The van der Waals surface area contributed by atoms with Crippen molar-refractivity contribution < 1.29 is 0 Å². The van der Waals surface area contributed by atoms with Gasteiger partial charge in [-0.05, 0) is 13.3 Å². The van der Waals surface area contributed by atoms with Crippen LogP contribution < -0.4 is 22.3 Å². The van der Waals surface area contributed by atoms with Crippen LogP contribution in [0.4, 0.5) is 11.5 Å². The van der Waals surface area contributed by atoms with Crippen molar-refractivity contribution in [2.75, 3.05) is 17.6 Å². The van der Waals surface area contributed by atoms with E-state index in [4.69, 9.17) is 5.73 Å². The predicted octanol–water partition coefficient (Wildman–Crippen LogP) is -0.698. The number of nitrogens with one attached hydrogen (secondary N) is 3. The van der Waals surface area contributed by atoms with Crippen LogP contribution in [0.5, 0.6) is 0 Å². The molecule has 0 unspecified atom stereocenters. The van der Waals surface area contributed by atoms with Crippen LogP contribution in [0.15, 0.2) is 15.9 Å². The molecule has 9 nitrogen and oxygen atoms in total. The molecule has 5 N–H and O–H groups in total. The van der Waals surface area contributed by atoms with Gasteiger partial charge in [-0.25, -0.2) is 9.78 Å². The number of hydrogen-bond acceptors (Lipinski definition) is 6. The standard InChI is InChI=1S/C11H17N7O2/c1-2-18-9(12)8(10(19)16-11(18)20)13-5-3-4-7-14-6-15-17-7/h6,13H,2-5,12H2,1H3,(H,14,15,17)(H,16,19,20). The fourth-order valence-corrected chi connectivity index (χ4v) is 1.89. The number of anilines is 2. The summed E-state index contributed by atoms with van der Waals surface area (Å²) in [5.41, 5.74) is 5.05. The van der Waals surface area contributed by atoms with Crippen molar-refractivity contribution in [2.45, 2.75) is 26.3 Å². The van der Waals surface area contributed by atoms with Crippen LogP contribution in [0.25, 0.3) is 0 Å². The van der Waals surface area contributed by atoms with Gasteiger partial charge in [-0.2, -0.15) is 5.10 Å². The number of aromatic nitrogens is 5. The zero-order valence-corrected chi connectivity index (χ0v) is 11.1. The molecule has 0 saturated carbocycles. The molecule has 0 aromatic carbocycles. The molecule has 0 fully saturated rings. The summed E-state index contributed by atoms with van der Waals surface area (Å²) in [4.78, 5) is 29.5. The molecular weight excluding hydrogens is 262 g/mol. The Morgan fingerprint density at radius 1 is 1.45 bits per heavy atom. The van der Waals surface area contributed by atoms with Gasteiger partial charge in [0.1, 0.15) is 23.7 Å². The Balaban J connectivity index is 2.02. The van der Waals surface area contributed by atoms with E-state index in [0.717, 1.165) is 12.2 Å². The van der Waals surface area contributed by atoms with Gasteiger partial charge in [-0.15, -0.1) is 0 Å². The summed E-state index contributed by atoms with van der Waals surface area (Å²) in [6.07, 6.45) is 2.90. The highest BCUT2D eigenvalue weighted by Gasteiger charge is 2.10. The van der Waals surface area contributed by atoms with Crippen LogP contribution in [0.1, 0.15) is 19.2 Å². The first-order valence-electron chi connectivity index (χ1n) is 6.34. The van der Waals surface area contributed by atoms with E-state index >= 15 is 0 Å². The summed E-state index contributed by atoms with van der Waals surface area (Å²) in [5.74, 6) is 0.938. The minimum atomic E-state index is -0.503. The molecule has 0 aliphatic rings. The van der Waals surface area contributed by atoms with E-state index in [1.165, 1.54) is 10.9 Å². The maximum Gasteiger partial charge on any atom is 0.330 e. The quantitative estimate of drug-likeness (QED) is 0.516. The van der Waals surface area contributed by atoms with Crippen molar-refractivity contribution in [1.82, 2.24) is 24.7 Å². The second-order valence-corrected chi connectivity index (χ2v) is 4.23. The molecule has 2 aromatic heterocycles. The number of nitrogens with two attached hydrogens (primary N) is 1. The number of hydrogen-bond donors (Lipinski definition) is 4. The lowest BCUT2D eigenvalue weighted by molar-refractivity contribution is 0.704. The lowest BCUT2D eigenvalue weighted by atomic mass is 10.3. The normalized spacial score (nSPS) is 10.7. The third-order valence-corrected chi connectivity index (χ3v) is 2.91. The van der Waals surface area contributed by atoms with Gasteiger partial charge < -0.3 is 11.1 Å². The van der Waals surface area contributed by atoms with Gasteiger partial charge in [0.15, 0.2) is 0 Å². The zero-order valence-electron chi connectivity index (χ0n) is 11.1. The molecule has 0 amide bonds. The Morgan fingerprint density at radius 3 is 2.90 bits per heavy atom. The second-order valence-electron chi connectivity index (χ2n) is 4.23. The highest BCUT2D eigenvalue weighted by atomic mass is 16.2. The zero-order chi connectivity index (χ0) is 14.5. The molecule has 0 saturated heterocycles. The molecule has 0 radical (unpaired) electrons. The molecule has 108 valence electrons. The van der Waals surface area contributed by atoms with Crippen molar-refractivity contribution in [3.8, 4) is 0 Å². The monoisotopic (exact) mass is 279 g/mol. The van der Waals surface area contributed by atoms with Crippen molar-refractivity contribution in [1.29, 1.82) is 0 Å². The highest BCUT2D eigenvalue weighted by molar-refractivity contribution is 5.60. The van der Waals surface area contributed by atoms with Crippen molar-refractivity contribution in [3.05, 3.63) is 33.0 Å². The van der Waals surface area contributed by atoms with Crippen LogP contribution in [0.3, 0.4) is 0 Å². The molecule has 9 heteroatoms. The summed E-state index contributed by atoms with van der Waals surface area (Å²) < 4.78 is 1.31. The Hall–Kier alpha value is -2.58. The first kappa shape index (κ1) is 13.8. The number of rotatable bonds is 6. The third-order valence-electron chi connectivity index (χ3n) is 2.91. The van der Waals surface area contributed by atoms with Crippen molar-refractivity contribution in [2.24, 2.45) is 0 Å². The lowest BCUT2D eigenvalue weighted by Crippen LogP contribution is -2.33. The van der Waals surface area contributed by atoms with Gasteiger partial charge in [-0.1, -0.05) is 0 Å². The molecule has 0 bridgehead atoms. The second kappa shape index (κ2) is 6.04. The molecule has 0 spiro atoms. The van der Waals surface area contributed by atoms with Gasteiger partial charge in [-0.3, -0.25) is 19.4 Å². The number of H-pyrrole nitrogens is 2. The largest absolute Gasteiger partial charge is 0.383 e. The Kier molecular flexibility index (Phi) is 4.18. The molecule has 2 aromatic rings. The Morgan fingerprint density at radius 2 is 2.25 bits per heavy atom. The smallest absolute Gasteiger partial charge is 0.330 e. The minimum Gasteiger partial charge on any atom is -0.383 e. The Labute approximate surface area is 114 Å². The van der Waals surface area contributed by atoms with Crippen LogP contribution in [0, 0.1) is 0 Å². The van der Waals surface area contributed by atoms with Gasteiger partial charge in [0.05, 0.1) is 0 Å². The minimum absolute atomic E-state index is 0.154. The lowest BCUT2D eigenvalue weighted by Gasteiger charge is -2.12. The predicted molar refractivity (Wildman–Crippen MR) is 74.6 cm³/mol. The van der Waals surface area contributed by atoms with E-state index < -0.39 is 11.2 Å². The third kappa shape index (κ3) is 2.87. The molecule has 0 atom stereocenters. The molecule has 20 heavy (non-hydrogen) atoms. The summed E-state index contributed by atoms with van der Waals surface area (Å²) >= 11 is 0. The highest BCUT2D eigenvalue weighted by Crippen LogP contribution is 2.09. The average molecular weight is 279 g/mol. The molecule has 2 rings (SSSR count). The van der Waals surface area contributed by atoms with Crippen molar-refractivity contribution in [3.63, 3.8) is 0 Å². The fraction of sp³-hybridized carbons (Fsp3) is 0.455. The van der Waals surface area contributed by atoms with Gasteiger partial charge in [0.25, 0.3) is 5.56 Å². The van der Waals surface area contributed by atoms with E-state index in [1.807, 2.05) is 0 Å². The van der Waals surface area contributed by atoms with Crippen molar-refractivity contribution >= 4 is 11.5 Å². The molecule has 0 aliphatic heterocycles. The number of nitrogen functional groups attached to an aromatic ring is 1. The maximum atomic E-state index is 11.7. The average Bonchev–Trinajstić information content (AvgIpc) is 2.91. The topological polar surface area (TPSA) is 134 Å². The van der Waals surface area contributed by atoms with Crippen LogP contribution >= 0.6 is 0 Å². The molecule has 2 heterocycles. The first-order chi connectivity index (χ1) is 9.63. The van der Waals surface area contributed by atoms with Crippen LogP contribution in [-0.2, 0) is 13.0 Å². The van der Waals surface area contributed by atoms with Crippen LogP contribution in [-0.4, -0.2) is 31.3 Å². The van der Waals surface area contributed by atoms with Crippen LogP contribution in [0.2, 0.25) is 0 Å². The number of aryl methyl sites for hydroxylation is 1. The number of nitrogens with zero attached hydrogens (tertiary/aromatic N) is 3. The van der Waals surface area contributed by atoms with E-state index in [0.29, 0.717) is 19.5 Å². The van der Waals surface area contributed by atoms with Gasteiger partial charge in [0, 0.05) is 19.5 Å². The fourth-order valence-electron chi connectivity index (χ4n) is 1.89. The van der Waals surface area contributed by atoms with E-state index in [-0.39, 0.29) is 11.5 Å². The maximum absolute atomic E-state index is 11.7. The van der Waals surface area contributed by atoms with E-state index in [2.05, 4.69) is 25.5 Å².